The minimum atomic E-state index is -0.416. The van der Waals surface area contributed by atoms with Gasteiger partial charge < -0.3 is 0 Å². The van der Waals surface area contributed by atoms with E-state index in [-0.39, 0.29) is 35.5 Å². The maximum atomic E-state index is 12.8. The topological polar surface area (TPSA) is 66.5 Å². The molecule has 1 aromatic carbocycles. The largest absolute Gasteiger partial charge is 0.272 e. The summed E-state index contributed by atoms with van der Waals surface area (Å²) >= 11 is 0. The molecule has 3 amide bonds. The van der Waals surface area contributed by atoms with Crippen LogP contribution >= 0.6 is 0 Å². The SMILES string of the molecule is Cc1ccc(C(=O)NN2C(=O)[C@@H]3[C@@H]4C=C[C@H]([C@@H]5C[C@H]45)[C@@H]3C2=O)cc1. The average molecular weight is 322 g/mol. The molecule has 1 saturated heterocycles. The van der Waals surface area contributed by atoms with Crippen molar-refractivity contribution < 1.29 is 14.4 Å². The van der Waals surface area contributed by atoms with E-state index in [0.717, 1.165) is 17.0 Å². The Morgan fingerprint density at radius 2 is 1.54 bits per heavy atom. The lowest BCUT2D eigenvalue weighted by Crippen LogP contribution is -2.46. The summed E-state index contributed by atoms with van der Waals surface area (Å²) in [5.41, 5.74) is 4.03. The molecule has 6 rings (SSSR count). The van der Waals surface area contributed by atoms with Crippen molar-refractivity contribution in [2.45, 2.75) is 13.3 Å². The molecule has 2 saturated carbocycles. The highest BCUT2D eigenvalue weighted by atomic mass is 16.2. The molecule has 0 unspecified atom stereocenters. The van der Waals surface area contributed by atoms with Crippen LogP contribution in [0.15, 0.2) is 36.4 Å². The van der Waals surface area contributed by atoms with Crippen molar-refractivity contribution in [2.75, 3.05) is 0 Å². The highest BCUT2D eigenvalue weighted by Crippen LogP contribution is 2.65. The number of hydrogen-bond donors (Lipinski definition) is 1. The summed E-state index contributed by atoms with van der Waals surface area (Å²) in [7, 11) is 0. The third-order valence-corrected chi connectivity index (χ3v) is 6.19. The van der Waals surface area contributed by atoms with E-state index in [1.165, 1.54) is 0 Å². The van der Waals surface area contributed by atoms with Crippen molar-refractivity contribution in [3.63, 3.8) is 0 Å². The van der Waals surface area contributed by atoms with Gasteiger partial charge in [0, 0.05) is 5.56 Å². The Hall–Kier alpha value is -2.43. The molecule has 5 nitrogen and oxygen atoms in total. The standard InChI is InChI=1S/C19H18N2O3/c1-9-2-4-10(5-3-9)17(22)20-21-18(23)15-11-6-7-12(14-8-13(11)14)16(15)19(21)24/h2-7,11-16H,8H2,1H3,(H,20,22)/t11-,12-,13-,14+,15-,16+/m1/s1. The molecular formula is C19H18N2O3. The summed E-state index contributed by atoms with van der Waals surface area (Å²) in [4.78, 5) is 38.0. The number of carbonyl (C=O) groups is 3. The van der Waals surface area contributed by atoms with E-state index in [1.54, 1.807) is 12.1 Å². The second-order valence-corrected chi connectivity index (χ2v) is 7.47. The van der Waals surface area contributed by atoms with E-state index in [0.29, 0.717) is 17.4 Å². The first kappa shape index (κ1) is 14.0. The molecule has 1 aliphatic heterocycles. The van der Waals surface area contributed by atoms with E-state index in [1.807, 2.05) is 19.1 Å². The molecule has 4 aliphatic carbocycles. The zero-order chi connectivity index (χ0) is 16.6. The third kappa shape index (κ3) is 1.72. The van der Waals surface area contributed by atoms with Gasteiger partial charge >= 0.3 is 0 Å². The number of hydrogen-bond acceptors (Lipinski definition) is 3. The number of nitrogens with one attached hydrogen (secondary N) is 1. The van der Waals surface area contributed by atoms with Crippen LogP contribution in [-0.4, -0.2) is 22.7 Å². The zero-order valence-electron chi connectivity index (χ0n) is 13.3. The summed E-state index contributed by atoms with van der Waals surface area (Å²) in [5, 5.41) is 0.981. The smallest absolute Gasteiger partial charge is 0.270 e. The zero-order valence-corrected chi connectivity index (χ0v) is 13.3. The van der Waals surface area contributed by atoms with Gasteiger partial charge in [-0.3, -0.25) is 19.8 Å². The molecule has 122 valence electrons. The van der Waals surface area contributed by atoms with Gasteiger partial charge in [0.25, 0.3) is 17.7 Å². The lowest BCUT2D eigenvalue weighted by molar-refractivity contribution is -0.143. The number of carbonyl (C=O) groups excluding carboxylic acids is 3. The second kappa shape index (κ2) is 4.56. The Kier molecular flexibility index (Phi) is 2.65. The summed E-state index contributed by atoms with van der Waals surface area (Å²) < 4.78 is 0. The molecular weight excluding hydrogens is 304 g/mol. The molecule has 5 aliphatic rings. The lowest BCUT2D eigenvalue weighted by Gasteiger charge is -2.37. The third-order valence-electron chi connectivity index (χ3n) is 6.19. The Balaban J connectivity index is 1.40. The first-order chi connectivity index (χ1) is 11.6. The van der Waals surface area contributed by atoms with Crippen LogP contribution in [0.25, 0.3) is 0 Å². The monoisotopic (exact) mass is 322 g/mol. The first-order valence-corrected chi connectivity index (χ1v) is 8.50. The van der Waals surface area contributed by atoms with E-state index < -0.39 is 5.91 Å². The number of imide groups is 1. The molecule has 1 N–H and O–H groups in total. The van der Waals surface area contributed by atoms with Crippen LogP contribution in [0.4, 0.5) is 0 Å². The fourth-order valence-corrected chi connectivity index (χ4v) is 4.94. The Morgan fingerprint density at radius 3 is 2.08 bits per heavy atom. The van der Waals surface area contributed by atoms with Crippen molar-refractivity contribution in [2.24, 2.45) is 35.5 Å². The van der Waals surface area contributed by atoms with Gasteiger partial charge in [-0.25, -0.2) is 0 Å². The first-order valence-electron chi connectivity index (χ1n) is 8.50. The van der Waals surface area contributed by atoms with Gasteiger partial charge in [-0.1, -0.05) is 29.8 Å². The van der Waals surface area contributed by atoms with E-state index >= 15 is 0 Å². The van der Waals surface area contributed by atoms with Crippen LogP contribution in [0, 0.1) is 42.4 Å². The van der Waals surface area contributed by atoms with Crippen molar-refractivity contribution >= 4 is 17.7 Å². The van der Waals surface area contributed by atoms with Gasteiger partial charge in [0.2, 0.25) is 0 Å². The number of nitrogens with zero attached hydrogens (tertiary/aromatic N) is 1. The van der Waals surface area contributed by atoms with Crippen LogP contribution < -0.4 is 5.43 Å². The van der Waals surface area contributed by atoms with E-state index in [4.69, 9.17) is 0 Å². The fraction of sp³-hybridized carbons (Fsp3) is 0.421. The van der Waals surface area contributed by atoms with Gasteiger partial charge in [-0.15, -0.1) is 0 Å². The van der Waals surface area contributed by atoms with Gasteiger partial charge in [0.1, 0.15) is 0 Å². The number of benzene rings is 1. The maximum Gasteiger partial charge on any atom is 0.270 e. The van der Waals surface area contributed by atoms with Crippen molar-refractivity contribution in [1.82, 2.24) is 10.4 Å². The van der Waals surface area contributed by atoms with Crippen molar-refractivity contribution in [3.8, 4) is 0 Å². The van der Waals surface area contributed by atoms with Gasteiger partial charge in [0.15, 0.2) is 0 Å². The molecule has 0 aromatic heterocycles. The van der Waals surface area contributed by atoms with Crippen LogP contribution in [0.5, 0.6) is 0 Å². The Morgan fingerprint density at radius 1 is 1.00 bits per heavy atom. The predicted octanol–water partition coefficient (Wildman–Crippen LogP) is 1.69. The van der Waals surface area contributed by atoms with Crippen molar-refractivity contribution in [1.29, 1.82) is 0 Å². The highest BCUT2D eigenvalue weighted by molar-refractivity contribution is 6.08. The average Bonchev–Trinajstić information content (AvgIpc) is 3.36. The van der Waals surface area contributed by atoms with Gasteiger partial charge in [-0.2, -0.15) is 5.01 Å². The molecule has 1 heterocycles. The van der Waals surface area contributed by atoms with Crippen LogP contribution in [-0.2, 0) is 9.59 Å². The van der Waals surface area contributed by atoms with E-state index in [9.17, 15) is 14.4 Å². The minimum Gasteiger partial charge on any atom is -0.272 e. The van der Waals surface area contributed by atoms with E-state index in [2.05, 4.69) is 17.6 Å². The molecule has 24 heavy (non-hydrogen) atoms. The molecule has 1 aromatic rings. The predicted molar refractivity (Wildman–Crippen MR) is 85.2 cm³/mol. The summed E-state index contributed by atoms with van der Waals surface area (Å²) in [6.07, 6.45) is 5.37. The quantitative estimate of drug-likeness (QED) is 0.666. The Labute approximate surface area is 139 Å². The summed E-state index contributed by atoms with van der Waals surface area (Å²) in [6, 6.07) is 7.06. The summed E-state index contributed by atoms with van der Waals surface area (Å²) in [5.74, 6) is -0.00257. The van der Waals surface area contributed by atoms with Crippen LogP contribution in [0.2, 0.25) is 0 Å². The maximum absolute atomic E-state index is 12.8. The minimum absolute atomic E-state index is 0.169. The normalized spacial score (nSPS) is 38.1. The van der Waals surface area contributed by atoms with Gasteiger partial charge in [-0.05, 0) is 49.1 Å². The number of amides is 3. The molecule has 2 bridgehead atoms. The molecule has 6 atom stereocenters. The number of rotatable bonds is 2. The molecule has 3 fully saturated rings. The van der Waals surface area contributed by atoms with Crippen molar-refractivity contribution in [3.05, 3.63) is 47.5 Å². The van der Waals surface area contributed by atoms with Crippen LogP contribution in [0.3, 0.4) is 0 Å². The van der Waals surface area contributed by atoms with Gasteiger partial charge in [0.05, 0.1) is 11.8 Å². The number of hydrazine groups is 1. The molecule has 5 heteroatoms. The highest BCUT2D eigenvalue weighted by Gasteiger charge is 2.67. The van der Waals surface area contributed by atoms with Crippen LogP contribution in [0.1, 0.15) is 22.3 Å². The number of allylic oxidation sites excluding steroid dienone is 2. The molecule has 0 spiro atoms. The lowest BCUT2D eigenvalue weighted by atomic mass is 9.63. The Bertz CT molecular complexity index is 761. The fourth-order valence-electron chi connectivity index (χ4n) is 4.94. The second-order valence-electron chi connectivity index (χ2n) is 7.47. The number of aryl methyl sites for hydroxylation is 1. The summed E-state index contributed by atoms with van der Waals surface area (Å²) in [6.45, 7) is 1.94. The molecule has 0 radical (unpaired) electrons.